The predicted octanol–water partition coefficient (Wildman–Crippen LogP) is 1.28. The Kier molecular flexibility index (Phi) is 3.29. The Balaban J connectivity index is 2.29. The summed E-state index contributed by atoms with van der Waals surface area (Å²) in [5.74, 6) is -0.221. The second-order valence-electron chi connectivity index (χ2n) is 2.79. The third-order valence-corrected chi connectivity index (χ3v) is 1.89. The van der Waals surface area contributed by atoms with Crippen molar-refractivity contribution in [3.63, 3.8) is 0 Å². The summed E-state index contributed by atoms with van der Waals surface area (Å²) in [5.41, 5.74) is 0. The highest BCUT2D eigenvalue weighted by Crippen LogP contribution is 2.16. The van der Waals surface area contributed by atoms with E-state index in [1.54, 1.807) is 0 Å². The van der Waals surface area contributed by atoms with Gasteiger partial charge in [0, 0.05) is 0 Å². The molecule has 0 saturated carbocycles. The maximum atomic E-state index is 10.8. The Morgan fingerprint density at radius 1 is 1.50 bits per heavy atom. The number of carbonyl (C=O) groups excluding carboxylic acids is 1. The van der Waals surface area contributed by atoms with Gasteiger partial charge < -0.3 is 9.47 Å². The minimum atomic E-state index is -0.221. The molecule has 12 heavy (non-hydrogen) atoms. The largest absolute Gasteiger partial charge is 0.469 e. The Hall–Kier alpha value is -0.830. The SMILES string of the molecule is CC[C@@H]1C=C[C@@H](CC(=O)OC)O1. The first-order valence-corrected chi connectivity index (χ1v) is 4.17. The van der Waals surface area contributed by atoms with Gasteiger partial charge in [-0.2, -0.15) is 0 Å². The molecule has 0 amide bonds. The van der Waals surface area contributed by atoms with Gasteiger partial charge in [0.1, 0.15) is 0 Å². The molecule has 0 aliphatic carbocycles. The smallest absolute Gasteiger partial charge is 0.308 e. The zero-order valence-electron chi connectivity index (χ0n) is 7.45. The molecular formula is C9H14O3. The van der Waals surface area contributed by atoms with Crippen molar-refractivity contribution in [3.05, 3.63) is 12.2 Å². The Bertz CT molecular complexity index is 186. The standard InChI is InChI=1S/C9H14O3/c1-3-7-4-5-8(12-7)6-9(10)11-2/h4-5,7-8H,3,6H2,1-2H3/t7-,8+/m1/s1. The van der Waals surface area contributed by atoms with Gasteiger partial charge in [-0.25, -0.2) is 0 Å². The van der Waals surface area contributed by atoms with Gasteiger partial charge in [0.15, 0.2) is 0 Å². The van der Waals surface area contributed by atoms with Gasteiger partial charge in [0.2, 0.25) is 0 Å². The second kappa shape index (κ2) is 4.26. The summed E-state index contributed by atoms with van der Waals surface area (Å²) in [5, 5.41) is 0. The average Bonchev–Trinajstić information content (AvgIpc) is 2.52. The van der Waals surface area contributed by atoms with Crippen LogP contribution in [0, 0.1) is 0 Å². The van der Waals surface area contributed by atoms with Crippen LogP contribution in [0.25, 0.3) is 0 Å². The van der Waals surface area contributed by atoms with E-state index in [0.29, 0.717) is 6.42 Å². The van der Waals surface area contributed by atoms with E-state index in [9.17, 15) is 4.79 Å². The van der Waals surface area contributed by atoms with Crippen LogP contribution in [-0.2, 0) is 14.3 Å². The lowest BCUT2D eigenvalue weighted by molar-refractivity contribution is -0.143. The molecular weight excluding hydrogens is 156 g/mol. The summed E-state index contributed by atoms with van der Waals surface area (Å²) >= 11 is 0. The lowest BCUT2D eigenvalue weighted by Gasteiger charge is -2.10. The number of hydrogen-bond donors (Lipinski definition) is 0. The third-order valence-electron chi connectivity index (χ3n) is 1.89. The lowest BCUT2D eigenvalue weighted by Crippen LogP contribution is -2.16. The van der Waals surface area contributed by atoms with E-state index in [-0.39, 0.29) is 18.2 Å². The van der Waals surface area contributed by atoms with Crippen molar-refractivity contribution in [1.82, 2.24) is 0 Å². The summed E-state index contributed by atoms with van der Waals surface area (Å²) in [6.45, 7) is 2.05. The Morgan fingerprint density at radius 3 is 2.67 bits per heavy atom. The van der Waals surface area contributed by atoms with Crippen LogP contribution in [0.1, 0.15) is 19.8 Å². The third kappa shape index (κ3) is 2.34. The average molecular weight is 170 g/mol. The maximum absolute atomic E-state index is 10.8. The molecule has 0 radical (unpaired) electrons. The van der Waals surface area contributed by atoms with Gasteiger partial charge in [-0.05, 0) is 6.42 Å². The highest BCUT2D eigenvalue weighted by molar-refractivity contribution is 5.70. The zero-order valence-corrected chi connectivity index (χ0v) is 7.45. The summed E-state index contributed by atoms with van der Waals surface area (Å²) in [4.78, 5) is 10.8. The van der Waals surface area contributed by atoms with Crippen molar-refractivity contribution in [3.8, 4) is 0 Å². The van der Waals surface area contributed by atoms with Crippen molar-refractivity contribution in [1.29, 1.82) is 0 Å². The monoisotopic (exact) mass is 170 g/mol. The quantitative estimate of drug-likeness (QED) is 0.473. The molecule has 0 spiro atoms. The van der Waals surface area contributed by atoms with E-state index >= 15 is 0 Å². The lowest BCUT2D eigenvalue weighted by atomic mass is 10.2. The first kappa shape index (κ1) is 9.26. The van der Waals surface area contributed by atoms with Gasteiger partial charge in [-0.15, -0.1) is 0 Å². The molecule has 0 bridgehead atoms. The summed E-state index contributed by atoms with van der Waals surface area (Å²) in [6.07, 6.45) is 5.29. The second-order valence-corrected chi connectivity index (χ2v) is 2.79. The normalized spacial score (nSPS) is 27.5. The molecule has 0 fully saturated rings. The first-order valence-electron chi connectivity index (χ1n) is 4.17. The first-order chi connectivity index (χ1) is 5.76. The van der Waals surface area contributed by atoms with Crippen LogP contribution < -0.4 is 0 Å². The van der Waals surface area contributed by atoms with Crippen molar-refractivity contribution in [2.75, 3.05) is 7.11 Å². The number of hydrogen-bond acceptors (Lipinski definition) is 3. The number of esters is 1. The zero-order chi connectivity index (χ0) is 8.97. The maximum Gasteiger partial charge on any atom is 0.308 e. The molecule has 3 heteroatoms. The molecule has 68 valence electrons. The molecule has 1 rings (SSSR count). The summed E-state index contributed by atoms with van der Waals surface area (Å²) in [6, 6.07) is 0. The van der Waals surface area contributed by atoms with Gasteiger partial charge in [0.25, 0.3) is 0 Å². The summed E-state index contributed by atoms with van der Waals surface area (Å²) < 4.78 is 10.00. The van der Waals surface area contributed by atoms with Gasteiger partial charge >= 0.3 is 5.97 Å². The molecule has 0 aromatic heterocycles. The Labute approximate surface area is 72.4 Å². The van der Waals surface area contributed by atoms with Crippen LogP contribution in [0.15, 0.2) is 12.2 Å². The topological polar surface area (TPSA) is 35.5 Å². The summed E-state index contributed by atoms with van der Waals surface area (Å²) in [7, 11) is 1.39. The van der Waals surface area contributed by atoms with Crippen molar-refractivity contribution >= 4 is 5.97 Å². The van der Waals surface area contributed by atoms with E-state index in [0.717, 1.165) is 6.42 Å². The van der Waals surface area contributed by atoms with E-state index in [2.05, 4.69) is 11.7 Å². The van der Waals surface area contributed by atoms with Crippen LogP contribution in [0.2, 0.25) is 0 Å². The molecule has 2 atom stereocenters. The van der Waals surface area contributed by atoms with Crippen molar-refractivity contribution in [2.45, 2.75) is 32.0 Å². The van der Waals surface area contributed by atoms with Gasteiger partial charge in [-0.1, -0.05) is 19.1 Å². The number of carbonyl (C=O) groups is 1. The fraction of sp³-hybridized carbons (Fsp3) is 0.667. The number of rotatable bonds is 3. The number of methoxy groups -OCH3 is 1. The Morgan fingerprint density at radius 2 is 2.17 bits per heavy atom. The highest BCUT2D eigenvalue weighted by atomic mass is 16.5. The van der Waals surface area contributed by atoms with E-state index in [1.165, 1.54) is 7.11 Å². The van der Waals surface area contributed by atoms with Crippen molar-refractivity contribution < 1.29 is 14.3 Å². The van der Waals surface area contributed by atoms with E-state index < -0.39 is 0 Å². The minimum Gasteiger partial charge on any atom is -0.469 e. The fourth-order valence-electron chi connectivity index (χ4n) is 1.16. The molecule has 0 aromatic rings. The molecule has 0 saturated heterocycles. The molecule has 0 unspecified atom stereocenters. The van der Waals surface area contributed by atoms with Gasteiger partial charge in [-0.3, -0.25) is 4.79 Å². The van der Waals surface area contributed by atoms with E-state index in [4.69, 9.17) is 4.74 Å². The molecule has 3 nitrogen and oxygen atoms in total. The highest BCUT2D eigenvalue weighted by Gasteiger charge is 2.20. The van der Waals surface area contributed by atoms with E-state index in [1.807, 2.05) is 12.2 Å². The van der Waals surface area contributed by atoms with Crippen LogP contribution in [0.4, 0.5) is 0 Å². The van der Waals surface area contributed by atoms with Crippen LogP contribution in [0.3, 0.4) is 0 Å². The van der Waals surface area contributed by atoms with Crippen molar-refractivity contribution in [2.24, 2.45) is 0 Å². The molecule has 1 heterocycles. The van der Waals surface area contributed by atoms with Gasteiger partial charge in [0.05, 0.1) is 25.7 Å². The van der Waals surface area contributed by atoms with Crippen LogP contribution in [0.5, 0.6) is 0 Å². The molecule has 1 aliphatic rings. The minimum absolute atomic E-state index is 0.0811. The molecule has 0 aromatic carbocycles. The predicted molar refractivity (Wildman–Crippen MR) is 44.7 cm³/mol. The fourth-order valence-corrected chi connectivity index (χ4v) is 1.16. The molecule has 0 N–H and O–H groups in total. The number of ether oxygens (including phenoxy) is 2. The van der Waals surface area contributed by atoms with Crippen LogP contribution >= 0.6 is 0 Å². The van der Waals surface area contributed by atoms with Crippen LogP contribution in [-0.4, -0.2) is 25.3 Å². The molecule has 1 aliphatic heterocycles.